The molecule has 0 radical (unpaired) electrons. The van der Waals surface area contributed by atoms with Crippen LogP contribution in [-0.4, -0.2) is 69.8 Å². The van der Waals surface area contributed by atoms with E-state index in [0.29, 0.717) is 18.9 Å². The van der Waals surface area contributed by atoms with Crippen molar-refractivity contribution in [3.63, 3.8) is 0 Å². The topological polar surface area (TPSA) is 93.7 Å². The van der Waals surface area contributed by atoms with Crippen LogP contribution in [0.3, 0.4) is 0 Å². The van der Waals surface area contributed by atoms with E-state index in [9.17, 15) is 23.6 Å². The lowest BCUT2D eigenvalue weighted by Crippen LogP contribution is -2.57. The average molecular weight is 492 g/mol. The van der Waals surface area contributed by atoms with Crippen LogP contribution in [0.4, 0.5) is 8.78 Å². The summed E-state index contributed by atoms with van der Waals surface area (Å²) in [6.07, 6.45) is 2.26. The van der Waals surface area contributed by atoms with Gasteiger partial charge in [-0.2, -0.15) is 5.26 Å². The van der Waals surface area contributed by atoms with Gasteiger partial charge in [0.25, 0.3) is 0 Å². The van der Waals surface area contributed by atoms with Crippen LogP contribution in [0, 0.1) is 28.9 Å². The van der Waals surface area contributed by atoms with Gasteiger partial charge in [-0.05, 0) is 60.6 Å². The zero-order valence-electron chi connectivity index (χ0n) is 19.6. The molecular weight excluding hydrogens is 464 g/mol. The Morgan fingerprint density at radius 1 is 1.03 bits per heavy atom. The van der Waals surface area contributed by atoms with Gasteiger partial charge in [-0.1, -0.05) is 24.3 Å². The molecule has 1 saturated carbocycles. The maximum atomic E-state index is 13.6. The summed E-state index contributed by atoms with van der Waals surface area (Å²) < 4.78 is 27.3. The Labute approximate surface area is 208 Å². The van der Waals surface area contributed by atoms with Crippen molar-refractivity contribution in [3.05, 3.63) is 71.3 Å². The zero-order chi connectivity index (χ0) is 25.1. The van der Waals surface area contributed by atoms with Crippen LogP contribution in [0.25, 0.3) is 0 Å². The van der Waals surface area contributed by atoms with Gasteiger partial charge in [0.05, 0.1) is 24.2 Å². The Hall–Kier alpha value is -3.35. The molecule has 4 aliphatic rings. The molecular formula is C27H27F2N5O2. The minimum Gasteiger partial charge on any atom is -0.326 e. The molecule has 9 heteroatoms. The second kappa shape index (κ2) is 8.64. The number of rotatable bonds is 6. The third-order valence-corrected chi connectivity index (χ3v) is 8.22. The number of piperazine rings is 1. The fourth-order valence-corrected chi connectivity index (χ4v) is 6.44. The quantitative estimate of drug-likeness (QED) is 0.669. The first kappa shape index (κ1) is 23.1. The molecule has 2 aromatic carbocycles. The monoisotopic (exact) mass is 491 g/mol. The molecule has 0 spiro atoms. The normalized spacial score (nSPS) is 29.5. The Kier molecular flexibility index (Phi) is 5.54. The first-order chi connectivity index (χ1) is 17.4. The largest absolute Gasteiger partial charge is 0.326 e. The molecule has 7 nitrogen and oxygen atoms in total. The molecule has 3 aliphatic heterocycles. The molecule has 36 heavy (non-hydrogen) atoms. The fourth-order valence-electron chi connectivity index (χ4n) is 6.44. The van der Waals surface area contributed by atoms with Crippen molar-refractivity contribution in [1.82, 2.24) is 14.7 Å². The lowest BCUT2D eigenvalue weighted by Gasteiger charge is -2.40. The number of carbonyl (C=O) groups excluding carboxylic acids is 2. The molecule has 1 aliphatic carbocycles. The lowest BCUT2D eigenvalue weighted by molar-refractivity contribution is -0.140. The van der Waals surface area contributed by atoms with E-state index in [0.717, 1.165) is 24.0 Å². The van der Waals surface area contributed by atoms with Crippen molar-refractivity contribution in [3.8, 4) is 6.07 Å². The highest BCUT2D eigenvalue weighted by Gasteiger charge is 2.56. The highest BCUT2D eigenvalue weighted by Crippen LogP contribution is 2.48. The summed E-state index contributed by atoms with van der Waals surface area (Å²) >= 11 is 0. The van der Waals surface area contributed by atoms with Crippen molar-refractivity contribution in [2.75, 3.05) is 13.1 Å². The summed E-state index contributed by atoms with van der Waals surface area (Å²) in [7, 11) is 0. The van der Waals surface area contributed by atoms with Crippen LogP contribution >= 0.6 is 0 Å². The third kappa shape index (κ3) is 3.76. The van der Waals surface area contributed by atoms with Crippen LogP contribution in [0.5, 0.6) is 0 Å². The van der Waals surface area contributed by atoms with Crippen LogP contribution in [0.1, 0.15) is 36.4 Å². The molecule has 2 N–H and O–H groups in total. The summed E-state index contributed by atoms with van der Waals surface area (Å²) in [6.45, 7) is 0.813. The van der Waals surface area contributed by atoms with E-state index in [1.807, 2.05) is 9.80 Å². The minimum absolute atomic E-state index is 0.0807. The van der Waals surface area contributed by atoms with E-state index in [4.69, 9.17) is 5.73 Å². The van der Waals surface area contributed by atoms with E-state index >= 15 is 0 Å². The van der Waals surface area contributed by atoms with Crippen LogP contribution in [0.2, 0.25) is 0 Å². The predicted molar refractivity (Wildman–Crippen MR) is 126 cm³/mol. The molecule has 6 atom stereocenters. The van der Waals surface area contributed by atoms with Gasteiger partial charge in [-0.3, -0.25) is 14.5 Å². The molecule has 3 unspecified atom stereocenters. The van der Waals surface area contributed by atoms with Crippen molar-refractivity contribution < 1.29 is 18.4 Å². The first-order valence-electron chi connectivity index (χ1n) is 12.4. The van der Waals surface area contributed by atoms with Crippen molar-refractivity contribution in [2.45, 2.75) is 55.5 Å². The molecule has 3 saturated heterocycles. The van der Waals surface area contributed by atoms with E-state index in [1.165, 1.54) is 24.3 Å². The van der Waals surface area contributed by atoms with Gasteiger partial charge in [-0.25, -0.2) is 8.78 Å². The number of nitriles is 1. The zero-order valence-corrected chi connectivity index (χ0v) is 19.6. The Bertz CT molecular complexity index is 1180. The molecule has 2 bridgehead atoms. The summed E-state index contributed by atoms with van der Waals surface area (Å²) in [5, 5.41) is 9.42. The van der Waals surface area contributed by atoms with Crippen LogP contribution in [-0.2, 0) is 9.59 Å². The summed E-state index contributed by atoms with van der Waals surface area (Å²) in [5.74, 6) is -0.620. The molecule has 0 aromatic heterocycles. The molecule has 2 aromatic rings. The number of nitrogens with two attached hydrogens (primary N) is 1. The SMILES string of the molecule is N#CC1C[C@@H]2C[C@@H]2N1C(=O)C(N)CN1CC2C[C@H]1C(=O)N2C(c1ccc(F)cc1)c1ccc(F)cc1. The molecule has 4 fully saturated rings. The third-order valence-electron chi connectivity index (χ3n) is 8.22. The highest BCUT2D eigenvalue weighted by atomic mass is 19.1. The maximum Gasteiger partial charge on any atom is 0.242 e. The smallest absolute Gasteiger partial charge is 0.242 e. The minimum atomic E-state index is -0.800. The molecule has 186 valence electrons. The predicted octanol–water partition coefficient (Wildman–Crippen LogP) is 2.18. The van der Waals surface area contributed by atoms with Gasteiger partial charge in [0, 0.05) is 25.2 Å². The van der Waals surface area contributed by atoms with Crippen molar-refractivity contribution in [2.24, 2.45) is 11.7 Å². The maximum absolute atomic E-state index is 13.6. The first-order valence-corrected chi connectivity index (χ1v) is 12.4. The van der Waals surface area contributed by atoms with Crippen molar-refractivity contribution >= 4 is 11.8 Å². The average Bonchev–Trinajstić information content (AvgIpc) is 3.19. The van der Waals surface area contributed by atoms with Gasteiger partial charge < -0.3 is 15.5 Å². The van der Waals surface area contributed by atoms with Crippen LogP contribution < -0.4 is 5.73 Å². The Morgan fingerprint density at radius 2 is 1.64 bits per heavy atom. The van der Waals surface area contributed by atoms with Crippen molar-refractivity contribution in [1.29, 1.82) is 5.26 Å². The number of likely N-dealkylation sites (tertiary alicyclic amines) is 3. The standard InChI is InChI=1S/C27H27F2N5O2/c28-18-5-1-15(2-6-18)25(16-3-7-19(29)8-4-16)34-21-11-24(27(34)36)32(13-21)14-22(31)26(35)33-20(12-30)9-17-10-23(17)33/h1-8,17,20-25H,9-11,13-14,31H2/t17-,20?,21?,22?,23+,24+/m1/s1. The number of nitrogens with zero attached hydrogens (tertiary/aromatic N) is 4. The summed E-state index contributed by atoms with van der Waals surface area (Å²) in [6, 6.07) is 12.2. The van der Waals surface area contributed by atoms with Gasteiger partial charge in [0.15, 0.2) is 0 Å². The van der Waals surface area contributed by atoms with Gasteiger partial charge in [0.1, 0.15) is 17.7 Å². The van der Waals surface area contributed by atoms with E-state index < -0.39 is 24.2 Å². The number of hydrogen-bond acceptors (Lipinski definition) is 5. The highest BCUT2D eigenvalue weighted by molar-refractivity contribution is 5.87. The van der Waals surface area contributed by atoms with E-state index in [1.54, 1.807) is 29.2 Å². The molecule has 3 heterocycles. The second-order valence-electron chi connectivity index (χ2n) is 10.4. The van der Waals surface area contributed by atoms with Crippen LogP contribution in [0.15, 0.2) is 48.5 Å². The number of carbonyl (C=O) groups is 2. The number of amides is 2. The summed E-state index contributed by atoms with van der Waals surface area (Å²) in [5.41, 5.74) is 7.81. The van der Waals surface area contributed by atoms with E-state index in [-0.39, 0.29) is 42.1 Å². The lowest BCUT2D eigenvalue weighted by atomic mass is 9.96. The number of piperidine rings is 1. The number of hydrogen-bond donors (Lipinski definition) is 1. The number of benzene rings is 2. The van der Waals surface area contributed by atoms with Gasteiger partial charge >= 0.3 is 0 Å². The number of fused-ring (bicyclic) bond motifs is 3. The second-order valence-corrected chi connectivity index (χ2v) is 10.4. The fraction of sp³-hybridized carbons (Fsp3) is 0.444. The van der Waals surface area contributed by atoms with Gasteiger partial charge in [-0.15, -0.1) is 0 Å². The number of halogens is 2. The van der Waals surface area contributed by atoms with Gasteiger partial charge in [0.2, 0.25) is 11.8 Å². The summed E-state index contributed by atoms with van der Waals surface area (Å²) in [4.78, 5) is 32.2. The molecule has 6 rings (SSSR count). The Balaban J connectivity index is 1.20. The Morgan fingerprint density at radius 3 is 2.19 bits per heavy atom. The van der Waals surface area contributed by atoms with E-state index in [2.05, 4.69) is 6.07 Å². The molecule has 2 amide bonds.